The monoisotopic (exact) mass is 268 g/mol. The molecule has 1 aromatic rings. The lowest BCUT2D eigenvalue weighted by Crippen LogP contribution is -1.89. The van der Waals surface area contributed by atoms with Gasteiger partial charge in [-0.15, -0.1) is 0 Å². The molecular formula is C7H6FIO2. The van der Waals surface area contributed by atoms with E-state index in [-0.39, 0.29) is 11.5 Å². The van der Waals surface area contributed by atoms with Gasteiger partial charge in [0, 0.05) is 0 Å². The fraction of sp³-hybridized carbons (Fsp3) is 0.143. The molecule has 0 bridgehead atoms. The third-order valence-electron chi connectivity index (χ3n) is 1.25. The third kappa shape index (κ3) is 1.55. The first kappa shape index (κ1) is 8.58. The topological polar surface area (TPSA) is 29.5 Å². The Morgan fingerprint density at radius 3 is 2.73 bits per heavy atom. The minimum Gasteiger partial charge on any atom is -0.504 e. The second kappa shape index (κ2) is 3.25. The van der Waals surface area contributed by atoms with Gasteiger partial charge in [-0.3, -0.25) is 0 Å². The summed E-state index contributed by atoms with van der Waals surface area (Å²) in [7, 11) is 1.35. The predicted octanol–water partition coefficient (Wildman–Crippen LogP) is 2.14. The van der Waals surface area contributed by atoms with E-state index in [1.165, 1.54) is 13.2 Å². The summed E-state index contributed by atoms with van der Waals surface area (Å²) in [5.74, 6) is -1.01. The van der Waals surface area contributed by atoms with Gasteiger partial charge in [0.05, 0.1) is 10.7 Å². The number of methoxy groups -OCH3 is 1. The van der Waals surface area contributed by atoms with Crippen LogP contribution in [-0.4, -0.2) is 12.2 Å². The van der Waals surface area contributed by atoms with Crippen molar-refractivity contribution in [2.24, 2.45) is 0 Å². The van der Waals surface area contributed by atoms with E-state index < -0.39 is 5.82 Å². The first-order valence-corrected chi connectivity index (χ1v) is 3.95. The molecule has 0 fully saturated rings. The van der Waals surface area contributed by atoms with Crippen molar-refractivity contribution in [2.45, 2.75) is 0 Å². The quantitative estimate of drug-likeness (QED) is 0.791. The highest BCUT2D eigenvalue weighted by atomic mass is 127. The standard InChI is InChI=1S/C7H6FIO2/c1-11-5-3-2-4(9)7(10)6(5)8/h2-3,10H,1H3. The molecule has 60 valence electrons. The van der Waals surface area contributed by atoms with Crippen molar-refractivity contribution in [3.63, 3.8) is 0 Å². The highest BCUT2D eigenvalue weighted by molar-refractivity contribution is 14.1. The van der Waals surface area contributed by atoms with Gasteiger partial charge in [0.15, 0.2) is 11.5 Å². The zero-order chi connectivity index (χ0) is 8.43. The minimum atomic E-state index is -0.709. The van der Waals surface area contributed by atoms with Gasteiger partial charge in [0.25, 0.3) is 0 Å². The van der Waals surface area contributed by atoms with Crippen LogP contribution in [0.15, 0.2) is 12.1 Å². The Morgan fingerprint density at radius 2 is 2.18 bits per heavy atom. The van der Waals surface area contributed by atoms with E-state index in [0.29, 0.717) is 3.57 Å². The third-order valence-corrected chi connectivity index (χ3v) is 2.12. The molecule has 0 saturated carbocycles. The molecule has 0 saturated heterocycles. The van der Waals surface area contributed by atoms with Crippen molar-refractivity contribution in [3.05, 3.63) is 21.5 Å². The summed E-state index contributed by atoms with van der Waals surface area (Å²) >= 11 is 1.84. The highest BCUT2D eigenvalue weighted by Gasteiger charge is 2.10. The summed E-state index contributed by atoms with van der Waals surface area (Å²) in [4.78, 5) is 0. The van der Waals surface area contributed by atoms with Gasteiger partial charge in [0.1, 0.15) is 0 Å². The van der Waals surface area contributed by atoms with Gasteiger partial charge < -0.3 is 9.84 Å². The molecule has 0 heterocycles. The fourth-order valence-corrected chi connectivity index (χ4v) is 1.10. The van der Waals surface area contributed by atoms with Crippen molar-refractivity contribution in [1.29, 1.82) is 0 Å². The number of rotatable bonds is 1. The lowest BCUT2D eigenvalue weighted by Gasteiger charge is -2.03. The Kier molecular flexibility index (Phi) is 2.53. The molecule has 0 aliphatic heterocycles. The molecule has 2 nitrogen and oxygen atoms in total. The van der Waals surface area contributed by atoms with Crippen molar-refractivity contribution in [2.75, 3.05) is 7.11 Å². The van der Waals surface area contributed by atoms with Crippen molar-refractivity contribution in [3.8, 4) is 11.5 Å². The van der Waals surface area contributed by atoms with Gasteiger partial charge in [-0.1, -0.05) is 0 Å². The molecule has 0 aliphatic rings. The van der Waals surface area contributed by atoms with Gasteiger partial charge in [-0.25, -0.2) is 0 Å². The Hall–Kier alpha value is -0.520. The van der Waals surface area contributed by atoms with Crippen LogP contribution >= 0.6 is 22.6 Å². The normalized spacial score (nSPS) is 9.73. The molecule has 0 amide bonds. The van der Waals surface area contributed by atoms with E-state index in [9.17, 15) is 4.39 Å². The molecular weight excluding hydrogens is 262 g/mol. The fourth-order valence-electron chi connectivity index (χ4n) is 0.680. The van der Waals surface area contributed by atoms with E-state index in [0.717, 1.165) is 0 Å². The molecule has 0 atom stereocenters. The van der Waals surface area contributed by atoms with E-state index in [4.69, 9.17) is 5.11 Å². The van der Waals surface area contributed by atoms with E-state index in [2.05, 4.69) is 4.74 Å². The SMILES string of the molecule is COc1ccc(I)c(O)c1F. The molecule has 4 heteroatoms. The number of hydrogen-bond donors (Lipinski definition) is 1. The summed E-state index contributed by atoms with van der Waals surface area (Å²) in [6.07, 6.45) is 0. The molecule has 11 heavy (non-hydrogen) atoms. The second-order valence-electron chi connectivity index (χ2n) is 1.91. The maximum absolute atomic E-state index is 12.9. The molecule has 0 radical (unpaired) electrons. The average Bonchev–Trinajstić information content (AvgIpc) is 2.01. The van der Waals surface area contributed by atoms with E-state index in [1.807, 2.05) is 22.6 Å². The Morgan fingerprint density at radius 1 is 1.55 bits per heavy atom. The van der Waals surface area contributed by atoms with Gasteiger partial charge in [0.2, 0.25) is 5.82 Å². The number of aromatic hydroxyl groups is 1. The van der Waals surface area contributed by atoms with Crippen LogP contribution in [0, 0.1) is 9.39 Å². The maximum Gasteiger partial charge on any atom is 0.207 e. The maximum atomic E-state index is 12.9. The number of benzene rings is 1. The van der Waals surface area contributed by atoms with E-state index >= 15 is 0 Å². The molecule has 1 N–H and O–H groups in total. The minimum absolute atomic E-state index is 0.0583. The van der Waals surface area contributed by atoms with Crippen LogP contribution in [0.4, 0.5) is 4.39 Å². The van der Waals surface area contributed by atoms with Crippen LogP contribution in [0.5, 0.6) is 11.5 Å². The van der Waals surface area contributed by atoms with E-state index in [1.54, 1.807) is 6.07 Å². The second-order valence-corrected chi connectivity index (χ2v) is 3.07. The zero-order valence-electron chi connectivity index (χ0n) is 5.77. The molecule has 1 aromatic carbocycles. The molecule has 1 rings (SSSR count). The Labute approximate surface area is 77.1 Å². The summed E-state index contributed by atoms with van der Waals surface area (Å²) in [5, 5.41) is 9.06. The lowest BCUT2D eigenvalue weighted by atomic mass is 10.3. The van der Waals surface area contributed by atoms with Crippen LogP contribution in [0.3, 0.4) is 0 Å². The Bertz CT molecular complexity index is 275. The summed E-state index contributed by atoms with van der Waals surface area (Å²) in [6.45, 7) is 0. The van der Waals surface area contributed by atoms with Crippen LogP contribution in [-0.2, 0) is 0 Å². The van der Waals surface area contributed by atoms with Gasteiger partial charge in [-0.05, 0) is 34.7 Å². The molecule has 0 aliphatic carbocycles. The predicted molar refractivity (Wildman–Crippen MR) is 47.3 cm³/mol. The van der Waals surface area contributed by atoms with Crippen LogP contribution in [0.2, 0.25) is 0 Å². The van der Waals surface area contributed by atoms with Crippen LogP contribution in [0.1, 0.15) is 0 Å². The molecule has 0 spiro atoms. The molecule has 0 unspecified atom stereocenters. The number of phenols is 1. The lowest BCUT2D eigenvalue weighted by molar-refractivity contribution is 0.363. The number of halogens is 2. The first-order valence-electron chi connectivity index (χ1n) is 2.87. The van der Waals surface area contributed by atoms with Crippen molar-refractivity contribution >= 4 is 22.6 Å². The number of hydrogen-bond acceptors (Lipinski definition) is 2. The first-order chi connectivity index (χ1) is 5.16. The zero-order valence-corrected chi connectivity index (χ0v) is 7.92. The molecule has 0 aromatic heterocycles. The number of phenolic OH excluding ortho intramolecular Hbond substituents is 1. The smallest absolute Gasteiger partial charge is 0.207 e. The van der Waals surface area contributed by atoms with Gasteiger partial charge >= 0.3 is 0 Å². The van der Waals surface area contributed by atoms with Gasteiger partial charge in [-0.2, -0.15) is 4.39 Å². The Balaban J connectivity index is 3.25. The summed E-state index contributed by atoms with van der Waals surface area (Å²) in [6, 6.07) is 3.05. The van der Waals surface area contributed by atoms with Crippen LogP contribution in [0.25, 0.3) is 0 Å². The largest absolute Gasteiger partial charge is 0.504 e. The van der Waals surface area contributed by atoms with Crippen molar-refractivity contribution in [1.82, 2.24) is 0 Å². The summed E-state index contributed by atoms with van der Waals surface area (Å²) in [5.41, 5.74) is 0. The summed E-state index contributed by atoms with van der Waals surface area (Å²) < 4.78 is 18.0. The van der Waals surface area contributed by atoms with Crippen molar-refractivity contribution < 1.29 is 14.2 Å². The van der Waals surface area contributed by atoms with Crippen LogP contribution < -0.4 is 4.74 Å². The highest BCUT2D eigenvalue weighted by Crippen LogP contribution is 2.29. The average molecular weight is 268 g/mol. The number of ether oxygens (including phenoxy) is 1.